The van der Waals surface area contributed by atoms with Crippen molar-refractivity contribution in [3.8, 4) is 11.6 Å². The summed E-state index contributed by atoms with van der Waals surface area (Å²) in [7, 11) is 0. The second-order valence-electron chi connectivity index (χ2n) is 2.83. The van der Waals surface area contributed by atoms with Gasteiger partial charge in [-0.1, -0.05) is 11.6 Å². The van der Waals surface area contributed by atoms with Crippen molar-refractivity contribution in [2.75, 3.05) is 5.73 Å². The molecule has 0 saturated carbocycles. The van der Waals surface area contributed by atoms with Crippen molar-refractivity contribution < 1.29 is 4.74 Å². The van der Waals surface area contributed by atoms with Gasteiger partial charge in [-0.15, -0.1) is 0 Å². The molecule has 76 valence electrons. The van der Waals surface area contributed by atoms with Crippen molar-refractivity contribution in [2.45, 2.75) is 0 Å². The van der Waals surface area contributed by atoms with Gasteiger partial charge in [0.25, 0.3) is 0 Å². The third kappa shape index (κ3) is 2.35. The maximum atomic E-state index is 5.84. The highest BCUT2D eigenvalue weighted by molar-refractivity contribution is 6.33. The largest absolute Gasteiger partial charge is 0.437 e. The van der Waals surface area contributed by atoms with E-state index in [2.05, 4.69) is 9.97 Å². The molecule has 0 aliphatic rings. The molecule has 0 saturated heterocycles. The monoisotopic (exact) mass is 221 g/mol. The highest BCUT2D eigenvalue weighted by Gasteiger charge is 2.01. The van der Waals surface area contributed by atoms with Crippen LogP contribution in [0.15, 0.2) is 36.8 Å². The molecule has 2 N–H and O–H groups in total. The Kier molecular flexibility index (Phi) is 2.69. The number of nitrogens with zero attached hydrogens (tertiary/aromatic N) is 2. The fraction of sp³-hybridized carbons (Fsp3) is 0. The number of rotatable bonds is 2. The molecule has 0 spiro atoms. The lowest BCUT2D eigenvalue weighted by molar-refractivity contribution is 0.460. The Morgan fingerprint density at radius 3 is 2.80 bits per heavy atom. The standard InChI is InChI=1S/C10H8ClN3O/c11-8-5-7(1-2-9(8)12)15-10-6-13-3-4-14-10/h1-6H,12H2. The molecule has 15 heavy (non-hydrogen) atoms. The summed E-state index contributed by atoms with van der Waals surface area (Å²) in [6.45, 7) is 0. The molecule has 0 aliphatic carbocycles. The minimum Gasteiger partial charge on any atom is -0.437 e. The van der Waals surface area contributed by atoms with E-state index < -0.39 is 0 Å². The molecule has 1 heterocycles. The Morgan fingerprint density at radius 2 is 2.13 bits per heavy atom. The number of aromatic nitrogens is 2. The molecule has 0 fully saturated rings. The van der Waals surface area contributed by atoms with Gasteiger partial charge in [-0.05, 0) is 12.1 Å². The van der Waals surface area contributed by atoms with Gasteiger partial charge in [0.05, 0.1) is 16.9 Å². The number of hydrogen-bond donors (Lipinski definition) is 1. The summed E-state index contributed by atoms with van der Waals surface area (Å²) in [6, 6.07) is 5.02. The van der Waals surface area contributed by atoms with E-state index in [1.165, 1.54) is 6.20 Å². The van der Waals surface area contributed by atoms with Crippen LogP contribution in [0, 0.1) is 0 Å². The van der Waals surface area contributed by atoms with Crippen molar-refractivity contribution in [3.05, 3.63) is 41.8 Å². The molecule has 0 amide bonds. The Morgan fingerprint density at radius 1 is 1.27 bits per heavy atom. The van der Waals surface area contributed by atoms with Gasteiger partial charge in [-0.3, -0.25) is 4.98 Å². The van der Waals surface area contributed by atoms with Crippen LogP contribution in [0.4, 0.5) is 5.69 Å². The zero-order chi connectivity index (χ0) is 10.7. The first-order valence-electron chi connectivity index (χ1n) is 4.24. The quantitative estimate of drug-likeness (QED) is 0.792. The second-order valence-corrected chi connectivity index (χ2v) is 3.24. The van der Waals surface area contributed by atoms with Crippen LogP contribution in [0.2, 0.25) is 5.02 Å². The molecule has 2 aromatic rings. The van der Waals surface area contributed by atoms with Crippen LogP contribution in [0.3, 0.4) is 0 Å². The molecule has 1 aromatic carbocycles. The van der Waals surface area contributed by atoms with E-state index in [1.807, 2.05) is 0 Å². The van der Waals surface area contributed by atoms with Crippen molar-refractivity contribution in [3.63, 3.8) is 0 Å². The van der Waals surface area contributed by atoms with Crippen LogP contribution in [0.1, 0.15) is 0 Å². The van der Waals surface area contributed by atoms with Crippen molar-refractivity contribution in [2.24, 2.45) is 0 Å². The average molecular weight is 222 g/mol. The lowest BCUT2D eigenvalue weighted by atomic mass is 10.3. The minimum atomic E-state index is 0.415. The number of nitrogens with two attached hydrogens (primary N) is 1. The lowest BCUT2D eigenvalue weighted by Crippen LogP contribution is -1.90. The van der Waals surface area contributed by atoms with E-state index in [-0.39, 0.29) is 0 Å². The summed E-state index contributed by atoms with van der Waals surface area (Å²) in [5.74, 6) is 0.994. The fourth-order valence-electron chi connectivity index (χ4n) is 1.03. The molecule has 0 radical (unpaired) electrons. The summed E-state index contributed by atoms with van der Waals surface area (Å²) in [5, 5.41) is 0.455. The van der Waals surface area contributed by atoms with Gasteiger partial charge in [0, 0.05) is 18.5 Å². The molecule has 0 unspecified atom stereocenters. The first-order chi connectivity index (χ1) is 7.25. The predicted molar refractivity (Wildman–Crippen MR) is 58.0 cm³/mol. The van der Waals surface area contributed by atoms with E-state index >= 15 is 0 Å². The fourth-order valence-corrected chi connectivity index (χ4v) is 1.20. The second kappa shape index (κ2) is 4.14. The van der Waals surface area contributed by atoms with E-state index in [0.29, 0.717) is 22.3 Å². The molecule has 4 nitrogen and oxygen atoms in total. The Hall–Kier alpha value is -1.81. The molecule has 5 heteroatoms. The van der Waals surface area contributed by atoms with Crippen LogP contribution in [0.25, 0.3) is 0 Å². The molecule has 1 aromatic heterocycles. The highest BCUT2D eigenvalue weighted by atomic mass is 35.5. The van der Waals surface area contributed by atoms with Gasteiger partial charge in [-0.25, -0.2) is 4.98 Å². The normalized spacial score (nSPS) is 9.93. The van der Waals surface area contributed by atoms with Crippen LogP contribution >= 0.6 is 11.6 Å². The van der Waals surface area contributed by atoms with E-state index in [1.54, 1.807) is 30.6 Å². The topological polar surface area (TPSA) is 61.0 Å². The number of benzene rings is 1. The van der Waals surface area contributed by atoms with Gasteiger partial charge in [0.1, 0.15) is 5.75 Å². The maximum Gasteiger partial charge on any atom is 0.237 e. The first kappa shape index (κ1) is 9.73. The molecular weight excluding hydrogens is 214 g/mol. The summed E-state index contributed by atoms with van der Waals surface area (Å²) in [6.07, 6.45) is 4.64. The van der Waals surface area contributed by atoms with Gasteiger partial charge in [0.15, 0.2) is 0 Å². The van der Waals surface area contributed by atoms with Gasteiger partial charge >= 0.3 is 0 Å². The van der Waals surface area contributed by atoms with E-state index in [4.69, 9.17) is 22.1 Å². The number of halogens is 1. The third-order valence-electron chi connectivity index (χ3n) is 1.73. The highest BCUT2D eigenvalue weighted by Crippen LogP contribution is 2.26. The van der Waals surface area contributed by atoms with E-state index in [0.717, 1.165) is 0 Å². The van der Waals surface area contributed by atoms with Crippen molar-refractivity contribution >= 4 is 17.3 Å². The number of anilines is 1. The Bertz CT molecular complexity index is 461. The average Bonchev–Trinajstić information content (AvgIpc) is 2.25. The van der Waals surface area contributed by atoms with Crippen LogP contribution < -0.4 is 10.5 Å². The molecule has 0 bridgehead atoms. The van der Waals surface area contributed by atoms with Gasteiger partial charge < -0.3 is 10.5 Å². The van der Waals surface area contributed by atoms with Crippen LogP contribution in [-0.2, 0) is 0 Å². The van der Waals surface area contributed by atoms with Gasteiger partial charge in [-0.2, -0.15) is 0 Å². The number of hydrogen-bond acceptors (Lipinski definition) is 4. The minimum absolute atomic E-state index is 0.415. The SMILES string of the molecule is Nc1ccc(Oc2cnccn2)cc1Cl. The summed E-state index contributed by atoms with van der Waals surface area (Å²) >= 11 is 5.84. The van der Waals surface area contributed by atoms with Crippen LogP contribution in [0.5, 0.6) is 11.6 Å². The molecule has 0 aliphatic heterocycles. The van der Waals surface area contributed by atoms with Crippen LogP contribution in [-0.4, -0.2) is 9.97 Å². The Labute approximate surface area is 91.7 Å². The van der Waals surface area contributed by atoms with E-state index in [9.17, 15) is 0 Å². The smallest absolute Gasteiger partial charge is 0.237 e. The van der Waals surface area contributed by atoms with Crippen molar-refractivity contribution in [1.82, 2.24) is 9.97 Å². The van der Waals surface area contributed by atoms with Gasteiger partial charge in [0.2, 0.25) is 5.88 Å². The third-order valence-corrected chi connectivity index (χ3v) is 2.06. The lowest BCUT2D eigenvalue weighted by Gasteiger charge is -2.04. The first-order valence-corrected chi connectivity index (χ1v) is 4.62. The van der Waals surface area contributed by atoms with Crippen molar-refractivity contribution in [1.29, 1.82) is 0 Å². The Balaban J connectivity index is 2.22. The molecular formula is C10H8ClN3O. The summed E-state index contributed by atoms with van der Waals surface area (Å²) < 4.78 is 5.40. The summed E-state index contributed by atoms with van der Waals surface area (Å²) in [4.78, 5) is 7.84. The molecule has 2 rings (SSSR count). The predicted octanol–water partition coefficient (Wildman–Crippen LogP) is 2.50. The zero-order valence-electron chi connectivity index (χ0n) is 7.72. The maximum absolute atomic E-state index is 5.84. The zero-order valence-corrected chi connectivity index (χ0v) is 8.48. The molecule has 0 atom stereocenters. The number of nitrogen functional groups attached to an aromatic ring is 1. The number of ether oxygens (including phenoxy) is 1. The summed E-state index contributed by atoms with van der Waals surface area (Å²) in [5.41, 5.74) is 6.08.